The van der Waals surface area contributed by atoms with Crippen molar-refractivity contribution in [1.29, 1.82) is 0 Å². The van der Waals surface area contributed by atoms with Crippen LogP contribution in [0.4, 0.5) is 5.69 Å². The zero-order valence-electron chi connectivity index (χ0n) is 10.4. The summed E-state index contributed by atoms with van der Waals surface area (Å²) in [6.07, 6.45) is 1.68. The number of hydrogen-bond acceptors (Lipinski definition) is 3. The Bertz CT molecular complexity index is 401. The summed E-state index contributed by atoms with van der Waals surface area (Å²) in [5, 5.41) is 13.9. The Morgan fingerprint density at radius 2 is 1.83 bits per heavy atom. The Labute approximate surface area is 106 Å². The minimum Gasteiger partial charge on any atom is -0.396 e. The van der Waals surface area contributed by atoms with Gasteiger partial charge in [-0.3, -0.25) is 9.59 Å². The molecule has 0 aliphatic heterocycles. The average molecular weight is 250 g/mol. The summed E-state index contributed by atoms with van der Waals surface area (Å²) >= 11 is 0. The van der Waals surface area contributed by atoms with E-state index in [9.17, 15) is 9.59 Å². The van der Waals surface area contributed by atoms with Crippen molar-refractivity contribution in [3.63, 3.8) is 0 Å². The number of rotatable bonds is 6. The van der Waals surface area contributed by atoms with Crippen molar-refractivity contribution in [1.82, 2.24) is 5.32 Å². The molecule has 0 fully saturated rings. The Balaban J connectivity index is 2.48. The van der Waals surface area contributed by atoms with Crippen LogP contribution in [0.1, 0.15) is 29.6 Å². The van der Waals surface area contributed by atoms with E-state index >= 15 is 0 Å². The van der Waals surface area contributed by atoms with Gasteiger partial charge in [0.15, 0.2) is 0 Å². The van der Waals surface area contributed by atoms with E-state index in [0.717, 1.165) is 0 Å². The van der Waals surface area contributed by atoms with Crippen LogP contribution in [0.5, 0.6) is 0 Å². The van der Waals surface area contributed by atoms with Gasteiger partial charge in [-0.25, -0.2) is 0 Å². The van der Waals surface area contributed by atoms with Gasteiger partial charge in [0.2, 0.25) is 5.91 Å². The quantitative estimate of drug-likeness (QED) is 0.663. The predicted molar refractivity (Wildman–Crippen MR) is 69.4 cm³/mol. The molecule has 0 atom stereocenters. The van der Waals surface area contributed by atoms with Crippen LogP contribution in [-0.2, 0) is 4.79 Å². The summed E-state index contributed by atoms with van der Waals surface area (Å²) in [6, 6.07) is 6.69. The third-order valence-corrected chi connectivity index (χ3v) is 2.47. The van der Waals surface area contributed by atoms with Crippen LogP contribution in [-0.4, -0.2) is 30.6 Å². The highest BCUT2D eigenvalue weighted by Crippen LogP contribution is 2.10. The van der Waals surface area contributed by atoms with Crippen LogP contribution in [0.15, 0.2) is 24.3 Å². The minimum absolute atomic E-state index is 0.0869. The number of amides is 2. The van der Waals surface area contributed by atoms with Gasteiger partial charge >= 0.3 is 0 Å². The van der Waals surface area contributed by atoms with Crippen LogP contribution in [0, 0.1) is 0 Å². The normalized spacial score (nSPS) is 9.89. The number of carbonyl (C=O) groups is 2. The zero-order valence-corrected chi connectivity index (χ0v) is 10.4. The second-order valence-electron chi connectivity index (χ2n) is 3.89. The van der Waals surface area contributed by atoms with Gasteiger partial charge in [0.25, 0.3) is 5.91 Å². The highest BCUT2D eigenvalue weighted by Gasteiger charge is 2.04. The first kappa shape index (κ1) is 14.2. The zero-order chi connectivity index (χ0) is 13.4. The van der Waals surface area contributed by atoms with Gasteiger partial charge in [0.1, 0.15) is 0 Å². The topological polar surface area (TPSA) is 78.4 Å². The number of hydrogen-bond donors (Lipinski definition) is 3. The fourth-order valence-electron chi connectivity index (χ4n) is 1.47. The SMILES string of the molecule is CNC(=O)c1ccc(NC(=O)CCCCO)cc1. The maximum Gasteiger partial charge on any atom is 0.251 e. The molecule has 0 aliphatic rings. The molecule has 0 radical (unpaired) electrons. The van der Waals surface area contributed by atoms with Crippen LogP contribution < -0.4 is 10.6 Å². The molecule has 0 unspecified atom stereocenters. The number of aliphatic hydroxyl groups excluding tert-OH is 1. The molecule has 18 heavy (non-hydrogen) atoms. The average Bonchev–Trinajstić information content (AvgIpc) is 2.39. The van der Waals surface area contributed by atoms with E-state index in [1.54, 1.807) is 31.3 Å². The molecule has 0 bridgehead atoms. The lowest BCUT2D eigenvalue weighted by Crippen LogP contribution is -2.17. The molecule has 1 aromatic carbocycles. The molecule has 0 heterocycles. The Kier molecular flexibility index (Phi) is 5.87. The smallest absolute Gasteiger partial charge is 0.251 e. The molecule has 5 heteroatoms. The number of nitrogens with one attached hydrogen (secondary N) is 2. The van der Waals surface area contributed by atoms with Crippen molar-refractivity contribution in [2.24, 2.45) is 0 Å². The van der Waals surface area contributed by atoms with E-state index in [2.05, 4.69) is 10.6 Å². The lowest BCUT2D eigenvalue weighted by Gasteiger charge is -2.06. The fraction of sp³-hybridized carbons (Fsp3) is 0.385. The third-order valence-electron chi connectivity index (χ3n) is 2.47. The Morgan fingerprint density at radius 3 is 2.39 bits per heavy atom. The summed E-state index contributed by atoms with van der Waals surface area (Å²) in [4.78, 5) is 22.8. The minimum atomic E-state index is -0.157. The molecule has 0 aromatic heterocycles. The van der Waals surface area contributed by atoms with E-state index < -0.39 is 0 Å². The van der Waals surface area contributed by atoms with Gasteiger partial charge in [-0.15, -0.1) is 0 Å². The third kappa shape index (κ3) is 4.55. The summed E-state index contributed by atoms with van der Waals surface area (Å²) in [7, 11) is 1.57. The molecule has 0 saturated heterocycles. The van der Waals surface area contributed by atoms with Crippen molar-refractivity contribution in [3.8, 4) is 0 Å². The van der Waals surface area contributed by atoms with Crippen LogP contribution in [0.3, 0.4) is 0 Å². The molecule has 5 nitrogen and oxygen atoms in total. The highest BCUT2D eigenvalue weighted by atomic mass is 16.3. The van der Waals surface area contributed by atoms with Gasteiger partial charge in [-0.1, -0.05) is 0 Å². The predicted octanol–water partition coefficient (Wildman–Crippen LogP) is 1.15. The number of aliphatic hydroxyl groups is 1. The van der Waals surface area contributed by atoms with Gasteiger partial charge in [0, 0.05) is 31.3 Å². The molecule has 0 spiro atoms. The van der Waals surface area contributed by atoms with Crippen molar-refractivity contribution in [2.45, 2.75) is 19.3 Å². The number of anilines is 1. The van der Waals surface area contributed by atoms with Gasteiger partial charge in [0.05, 0.1) is 0 Å². The summed E-state index contributed by atoms with van der Waals surface area (Å²) < 4.78 is 0. The van der Waals surface area contributed by atoms with Crippen LogP contribution in [0.25, 0.3) is 0 Å². The maximum atomic E-state index is 11.5. The van der Waals surface area contributed by atoms with E-state index in [1.165, 1.54) is 0 Å². The number of unbranched alkanes of at least 4 members (excludes halogenated alkanes) is 1. The molecule has 3 N–H and O–H groups in total. The van der Waals surface area contributed by atoms with E-state index in [4.69, 9.17) is 5.11 Å². The highest BCUT2D eigenvalue weighted by molar-refractivity contribution is 5.95. The summed E-state index contributed by atoms with van der Waals surface area (Å²) in [5.41, 5.74) is 1.22. The van der Waals surface area contributed by atoms with Gasteiger partial charge in [-0.2, -0.15) is 0 Å². The van der Waals surface area contributed by atoms with Crippen molar-refractivity contribution >= 4 is 17.5 Å². The lowest BCUT2D eigenvalue weighted by atomic mass is 10.2. The molecule has 0 saturated carbocycles. The van der Waals surface area contributed by atoms with Crippen molar-refractivity contribution in [2.75, 3.05) is 19.0 Å². The van der Waals surface area contributed by atoms with Crippen molar-refractivity contribution < 1.29 is 14.7 Å². The lowest BCUT2D eigenvalue weighted by molar-refractivity contribution is -0.116. The standard InChI is InChI=1S/C13H18N2O3/c1-14-13(18)10-5-7-11(8-6-10)15-12(17)4-2-3-9-16/h5-8,16H,2-4,9H2,1H3,(H,14,18)(H,15,17). The second-order valence-corrected chi connectivity index (χ2v) is 3.89. The van der Waals surface area contributed by atoms with E-state index in [1.807, 2.05) is 0 Å². The molecule has 0 aliphatic carbocycles. The van der Waals surface area contributed by atoms with Crippen LogP contribution >= 0.6 is 0 Å². The monoisotopic (exact) mass is 250 g/mol. The molecule has 98 valence electrons. The Morgan fingerprint density at radius 1 is 1.17 bits per heavy atom. The summed E-state index contributed by atoms with van der Waals surface area (Å²) in [6.45, 7) is 0.105. The Hall–Kier alpha value is -1.88. The summed E-state index contributed by atoms with van der Waals surface area (Å²) in [5.74, 6) is -0.244. The number of carbonyl (C=O) groups excluding carboxylic acids is 2. The second kappa shape index (κ2) is 7.45. The first-order valence-corrected chi connectivity index (χ1v) is 5.90. The van der Waals surface area contributed by atoms with Crippen LogP contribution in [0.2, 0.25) is 0 Å². The first-order chi connectivity index (χ1) is 8.67. The van der Waals surface area contributed by atoms with E-state index in [0.29, 0.717) is 30.5 Å². The fourth-order valence-corrected chi connectivity index (χ4v) is 1.47. The molecular weight excluding hydrogens is 232 g/mol. The van der Waals surface area contributed by atoms with Gasteiger partial charge < -0.3 is 15.7 Å². The van der Waals surface area contributed by atoms with E-state index in [-0.39, 0.29) is 18.4 Å². The van der Waals surface area contributed by atoms with Crippen molar-refractivity contribution in [3.05, 3.63) is 29.8 Å². The molecular formula is C13H18N2O3. The van der Waals surface area contributed by atoms with Gasteiger partial charge in [-0.05, 0) is 37.1 Å². The first-order valence-electron chi connectivity index (χ1n) is 5.90. The molecule has 1 aromatic rings. The maximum absolute atomic E-state index is 11.5. The number of benzene rings is 1. The molecule has 1 rings (SSSR count). The molecule has 2 amide bonds. The largest absolute Gasteiger partial charge is 0.396 e.